The van der Waals surface area contributed by atoms with E-state index in [0.29, 0.717) is 16.2 Å². The quantitative estimate of drug-likeness (QED) is 0.845. The van der Waals surface area contributed by atoms with Crippen LogP contribution in [0.15, 0.2) is 40.6 Å². The molecular formula is C15H15NO6S2. The zero-order chi connectivity index (χ0) is 17.5. The first kappa shape index (κ1) is 16.9. The third kappa shape index (κ3) is 2.69. The molecule has 1 aromatic carbocycles. The maximum Gasteiger partial charge on any atom is 0.325 e. The van der Waals surface area contributed by atoms with E-state index in [0.717, 1.165) is 4.31 Å². The second kappa shape index (κ2) is 6.17. The van der Waals surface area contributed by atoms with Crippen LogP contribution < -0.4 is 4.74 Å². The van der Waals surface area contributed by atoms with Crippen LogP contribution in [0.2, 0.25) is 0 Å². The van der Waals surface area contributed by atoms with E-state index in [1.165, 1.54) is 42.7 Å². The van der Waals surface area contributed by atoms with E-state index in [2.05, 4.69) is 0 Å². The minimum absolute atomic E-state index is 0.0552. The Balaban J connectivity index is 2.06. The lowest BCUT2D eigenvalue weighted by Crippen LogP contribution is -2.50. The molecule has 9 heteroatoms. The van der Waals surface area contributed by atoms with Crippen molar-refractivity contribution >= 4 is 27.3 Å². The standard InChI is InChI=1S/C15H15NO6S2/c1-22-10-2-4-11(5-3-10)24(20,21)16-8-9-6-7-23-14(9)13(17)12(16)15(18)19/h2-7,12-13,17H,8H2,1H3,(H,18,19). The van der Waals surface area contributed by atoms with E-state index < -0.39 is 28.1 Å². The van der Waals surface area contributed by atoms with Crippen LogP contribution in [0.25, 0.3) is 0 Å². The largest absolute Gasteiger partial charge is 0.497 e. The van der Waals surface area contributed by atoms with Crippen molar-refractivity contribution in [3.05, 3.63) is 46.2 Å². The lowest BCUT2D eigenvalue weighted by molar-refractivity contribution is -0.146. The first-order valence-corrected chi connectivity index (χ1v) is 9.31. The second-order valence-corrected chi connectivity index (χ2v) is 8.10. The molecular weight excluding hydrogens is 354 g/mol. The fraction of sp³-hybridized carbons (Fsp3) is 0.267. The third-order valence-electron chi connectivity index (χ3n) is 3.90. The molecule has 0 amide bonds. The summed E-state index contributed by atoms with van der Waals surface area (Å²) in [6.45, 7) is -0.0960. The van der Waals surface area contributed by atoms with Crippen molar-refractivity contribution in [2.45, 2.75) is 23.6 Å². The number of hydrogen-bond acceptors (Lipinski definition) is 6. The molecule has 3 rings (SSSR count). The van der Waals surface area contributed by atoms with Crippen LogP contribution in [-0.4, -0.2) is 42.1 Å². The highest BCUT2D eigenvalue weighted by Gasteiger charge is 2.45. The summed E-state index contributed by atoms with van der Waals surface area (Å²) in [6.07, 6.45) is -1.40. The molecule has 2 heterocycles. The molecule has 2 unspecified atom stereocenters. The molecule has 0 radical (unpaired) electrons. The van der Waals surface area contributed by atoms with Crippen molar-refractivity contribution in [1.29, 1.82) is 0 Å². The number of rotatable bonds is 4. The summed E-state index contributed by atoms with van der Waals surface area (Å²) < 4.78 is 31.6. The zero-order valence-electron chi connectivity index (χ0n) is 12.6. The van der Waals surface area contributed by atoms with E-state index in [1.807, 2.05) is 0 Å². The molecule has 24 heavy (non-hydrogen) atoms. The Hall–Kier alpha value is -1.94. The monoisotopic (exact) mass is 369 g/mol. The lowest BCUT2D eigenvalue weighted by Gasteiger charge is -2.35. The van der Waals surface area contributed by atoms with E-state index in [1.54, 1.807) is 11.4 Å². The highest BCUT2D eigenvalue weighted by molar-refractivity contribution is 7.89. The maximum absolute atomic E-state index is 12.9. The first-order valence-electron chi connectivity index (χ1n) is 6.99. The lowest BCUT2D eigenvalue weighted by atomic mass is 10.0. The molecule has 0 bridgehead atoms. The second-order valence-electron chi connectivity index (χ2n) is 5.26. The van der Waals surface area contributed by atoms with Crippen molar-refractivity contribution in [1.82, 2.24) is 4.31 Å². The molecule has 0 spiro atoms. The summed E-state index contributed by atoms with van der Waals surface area (Å²) in [5.74, 6) is -0.902. The van der Waals surface area contributed by atoms with Gasteiger partial charge in [0.1, 0.15) is 11.9 Å². The van der Waals surface area contributed by atoms with Crippen LogP contribution in [0.1, 0.15) is 16.5 Å². The van der Waals surface area contributed by atoms with Crippen LogP contribution in [0.5, 0.6) is 5.75 Å². The van der Waals surface area contributed by atoms with Gasteiger partial charge >= 0.3 is 5.97 Å². The number of carbonyl (C=O) groups is 1. The number of ether oxygens (including phenoxy) is 1. The summed E-state index contributed by atoms with van der Waals surface area (Å²) in [5, 5.41) is 21.5. The average molecular weight is 369 g/mol. The Kier molecular flexibility index (Phi) is 4.35. The molecule has 128 valence electrons. The van der Waals surface area contributed by atoms with Gasteiger partial charge in [-0.2, -0.15) is 4.31 Å². The van der Waals surface area contributed by atoms with Gasteiger partial charge in [-0.05, 0) is 41.3 Å². The topological polar surface area (TPSA) is 104 Å². The minimum atomic E-state index is -4.09. The molecule has 2 N–H and O–H groups in total. The van der Waals surface area contributed by atoms with Crippen LogP contribution in [0.4, 0.5) is 0 Å². The van der Waals surface area contributed by atoms with Gasteiger partial charge in [-0.15, -0.1) is 11.3 Å². The number of sulfonamides is 1. The number of benzene rings is 1. The molecule has 0 aliphatic carbocycles. The fourth-order valence-electron chi connectivity index (χ4n) is 2.68. The predicted octanol–water partition coefficient (Wildman–Crippen LogP) is 1.45. The SMILES string of the molecule is COc1ccc(S(=O)(=O)N2Cc3ccsc3C(O)C2C(=O)O)cc1. The van der Waals surface area contributed by atoms with Gasteiger partial charge in [0, 0.05) is 11.4 Å². The normalized spacial score (nSPS) is 21.2. The van der Waals surface area contributed by atoms with Gasteiger partial charge in [0.05, 0.1) is 12.0 Å². The number of carboxylic acids is 1. The summed E-state index contributed by atoms with van der Waals surface area (Å²) in [5.41, 5.74) is 0.613. The molecule has 1 aliphatic rings. The van der Waals surface area contributed by atoms with Crippen molar-refractivity contribution in [2.75, 3.05) is 7.11 Å². The Morgan fingerprint density at radius 1 is 1.29 bits per heavy atom. The smallest absolute Gasteiger partial charge is 0.325 e. The molecule has 0 saturated carbocycles. The van der Waals surface area contributed by atoms with Crippen LogP contribution in [-0.2, 0) is 21.4 Å². The molecule has 7 nitrogen and oxygen atoms in total. The van der Waals surface area contributed by atoms with E-state index in [4.69, 9.17) is 4.74 Å². The molecule has 0 saturated heterocycles. The van der Waals surface area contributed by atoms with Gasteiger partial charge in [-0.1, -0.05) is 0 Å². The number of aliphatic hydroxyl groups excluding tert-OH is 1. The van der Waals surface area contributed by atoms with Crippen LogP contribution in [0.3, 0.4) is 0 Å². The molecule has 0 fully saturated rings. The van der Waals surface area contributed by atoms with Gasteiger partial charge < -0.3 is 14.9 Å². The van der Waals surface area contributed by atoms with Gasteiger partial charge in [-0.3, -0.25) is 4.79 Å². The summed E-state index contributed by atoms with van der Waals surface area (Å²) in [7, 11) is -2.63. The number of aliphatic carboxylic acids is 1. The van der Waals surface area contributed by atoms with Crippen LogP contribution in [0, 0.1) is 0 Å². The molecule has 1 aromatic heterocycles. The number of fused-ring (bicyclic) bond motifs is 1. The molecule has 2 atom stereocenters. The van der Waals surface area contributed by atoms with Crippen molar-refractivity contribution < 1.29 is 28.2 Å². The molecule has 1 aliphatic heterocycles. The third-order valence-corrected chi connectivity index (χ3v) is 6.78. The van der Waals surface area contributed by atoms with E-state index in [9.17, 15) is 23.4 Å². The van der Waals surface area contributed by atoms with Gasteiger partial charge in [-0.25, -0.2) is 8.42 Å². The number of aliphatic hydroxyl groups is 1. The van der Waals surface area contributed by atoms with Crippen molar-refractivity contribution in [3.63, 3.8) is 0 Å². The molecule has 2 aromatic rings. The maximum atomic E-state index is 12.9. The number of hydrogen-bond donors (Lipinski definition) is 2. The van der Waals surface area contributed by atoms with Gasteiger partial charge in [0.2, 0.25) is 10.0 Å². The zero-order valence-corrected chi connectivity index (χ0v) is 14.3. The number of nitrogens with zero attached hydrogens (tertiary/aromatic N) is 1. The number of thiophene rings is 1. The summed E-state index contributed by atoms with van der Waals surface area (Å²) in [4.78, 5) is 12.0. The van der Waals surface area contributed by atoms with Crippen molar-refractivity contribution in [3.8, 4) is 5.75 Å². The minimum Gasteiger partial charge on any atom is -0.497 e. The number of carboxylic acid groups (broad SMARTS) is 1. The Bertz CT molecular complexity index is 858. The van der Waals surface area contributed by atoms with Crippen LogP contribution >= 0.6 is 11.3 Å². The fourth-order valence-corrected chi connectivity index (χ4v) is 5.18. The van der Waals surface area contributed by atoms with E-state index >= 15 is 0 Å². The van der Waals surface area contributed by atoms with E-state index in [-0.39, 0.29) is 11.4 Å². The van der Waals surface area contributed by atoms with Gasteiger partial charge in [0.15, 0.2) is 6.04 Å². The summed E-state index contributed by atoms with van der Waals surface area (Å²) in [6, 6.07) is 5.80. The Labute approximate surface area is 142 Å². The first-order chi connectivity index (χ1) is 11.4. The average Bonchev–Trinajstić information content (AvgIpc) is 3.03. The Morgan fingerprint density at radius 2 is 1.96 bits per heavy atom. The Morgan fingerprint density at radius 3 is 2.54 bits per heavy atom. The summed E-state index contributed by atoms with van der Waals surface area (Å²) >= 11 is 1.22. The van der Waals surface area contributed by atoms with Crippen molar-refractivity contribution in [2.24, 2.45) is 0 Å². The highest BCUT2D eigenvalue weighted by Crippen LogP contribution is 2.38. The highest BCUT2D eigenvalue weighted by atomic mass is 32.2. The van der Waals surface area contributed by atoms with Gasteiger partial charge in [0.25, 0.3) is 0 Å². The number of methoxy groups -OCH3 is 1. The predicted molar refractivity (Wildman–Crippen MR) is 86.4 cm³/mol.